The van der Waals surface area contributed by atoms with Gasteiger partial charge in [-0.1, -0.05) is 12.1 Å². The van der Waals surface area contributed by atoms with Crippen molar-refractivity contribution in [1.29, 1.82) is 0 Å². The van der Waals surface area contributed by atoms with Crippen LogP contribution < -0.4 is 14.2 Å². The minimum atomic E-state index is -0.471. The number of hydrogen-bond acceptors (Lipinski definition) is 6. The first kappa shape index (κ1) is 19.9. The average Bonchev–Trinajstić information content (AvgIpc) is 2.67. The highest BCUT2D eigenvalue weighted by Gasteiger charge is 2.15. The Bertz CT molecular complexity index is 701. The van der Waals surface area contributed by atoms with Gasteiger partial charge in [-0.25, -0.2) is 0 Å². The van der Waals surface area contributed by atoms with Gasteiger partial charge in [0.1, 0.15) is 6.10 Å². The van der Waals surface area contributed by atoms with Crippen LogP contribution in [0.15, 0.2) is 36.4 Å². The van der Waals surface area contributed by atoms with E-state index in [1.807, 2.05) is 18.2 Å². The second-order valence-electron chi connectivity index (χ2n) is 5.95. The number of hydrogen-bond donors (Lipinski definition) is 3. The van der Waals surface area contributed by atoms with Crippen molar-refractivity contribution in [3.8, 4) is 23.0 Å². The zero-order valence-electron chi connectivity index (χ0n) is 15.1. The van der Waals surface area contributed by atoms with E-state index in [-0.39, 0.29) is 19.0 Å². The third kappa shape index (κ3) is 5.28. The van der Waals surface area contributed by atoms with Crippen molar-refractivity contribution in [1.82, 2.24) is 0 Å². The maximum Gasteiger partial charge on any atom is 0.161 e. The smallest absolute Gasteiger partial charge is 0.161 e. The van der Waals surface area contributed by atoms with Crippen LogP contribution in [-0.2, 0) is 12.8 Å². The Morgan fingerprint density at radius 1 is 0.885 bits per heavy atom. The van der Waals surface area contributed by atoms with Crippen LogP contribution in [0.2, 0.25) is 0 Å². The van der Waals surface area contributed by atoms with Crippen LogP contribution in [0.3, 0.4) is 0 Å². The summed E-state index contributed by atoms with van der Waals surface area (Å²) in [4.78, 5) is 0. The lowest BCUT2D eigenvalue weighted by Gasteiger charge is -2.20. The molecule has 0 aliphatic heterocycles. The maximum atomic E-state index is 9.69. The Morgan fingerprint density at radius 3 is 2.23 bits per heavy atom. The molecule has 2 rings (SSSR count). The molecule has 0 saturated carbocycles. The minimum Gasteiger partial charge on any atom is -0.504 e. The molecule has 142 valence electrons. The topological polar surface area (TPSA) is 88.4 Å². The predicted molar refractivity (Wildman–Crippen MR) is 98.3 cm³/mol. The molecule has 2 aromatic carbocycles. The third-order valence-electron chi connectivity index (χ3n) is 4.06. The van der Waals surface area contributed by atoms with E-state index < -0.39 is 6.10 Å². The first-order valence-electron chi connectivity index (χ1n) is 8.52. The minimum absolute atomic E-state index is 0.0675. The molecule has 6 heteroatoms. The summed E-state index contributed by atoms with van der Waals surface area (Å²) in [7, 11) is 3.05. The third-order valence-corrected chi connectivity index (χ3v) is 4.06. The molecule has 6 nitrogen and oxygen atoms in total. The molecule has 0 heterocycles. The van der Waals surface area contributed by atoms with Gasteiger partial charge in [-0.2, -0.15) is 0 Å². The fraction of sp³-hybridized carbons (Fsp3) is 0.400. The maximum absolute atomic E-state index is 9.69. The summed E-state index contributed by atoms with van der Waals surface area (Å²) in [6.07, 6.45) is 1.42. The van der Waals surface area contributed by atoms with E-state index in [9.17, 15) is 10.2 Å². The number of rotatable bonds is 10. The molecule has 0 aromatic heterocycles. The molecule has 26 heavy (non-hydrogen) atoms. The SMILES string of the molecule is COc1cc(C[C@@H](CO)Oc2ccc(CCCO)cc2OC)ccc1O. The number of ether oxygens (including phenoxy) is 3. The lowest BCUT2D eigenvalue weighted by atomic mass is 10.1. The largest absolute Gasteiger partial charge is 0.504 e. The van der Waals surface area contributed by atoms with E-state index in [1.165, 1.54) is 7.11 Å². The van der Waals surface area contributed by atoms with Crippen molar-refractivity contribution in [3.05, 3.63) is 47.5 Å². The normalized spacial score (nSPS) is 11.8. The van der Waals surface area contributed by atoms with Gasteiger partial charge in [0.2, 0.25) is 0 Å². The first-order valence-corrected chi connectivity index (χ1v) is 8.52. The fourth-order valence-electron chi connectivity index (χ4n) is 2.68. The second-order valence-corrected chi connectivity index (χ2v) is 5.95. The van der Waals surface area contributed by atoms with E-state index in [2.05, 4.69) is 0 Å². The van der Waals surface area contributed by atoms with Crippen LogP contribution >= 0.6 is 0 Å². The van der Waals surface area contributed by atoms with Crippen molar-refractivity contribution >= 4 is 0 Å². The van der Waals surface area contributed by atoms with Gasteiger partial charge in [0, 0.05) is 13.0 Å². The second kappa shape index (κ2) is 9.89. The summed E-state index contributed by atoms with van der Waals surface area (Å²) in [5, 5.41) is 28.3. The summed E-state index contributed by atoms with van der Waals surface area (Å²) < 4.78 is 16.4. The summed E-state index contributed by atoms with van der Waals surface area (Å²) in [5.41, 5.74) is 1.92. The summed E-state index contributed by atoms with van der Waals surface area (Å²) in [5.74, 6) is 1.58. The van der Waals surface area contributed by atoms with Crippen LogP contribution in [0.25, 0.3) is 0 Å². The van der Waals surface area contributed by atoms with Gasteiger partial charge in [-0.3, -0.25) is 0 Å². The molecule has 0 aliphatic carbocycles. The molecule has 1 atom stereocenters. The van der Waals surface area contributed by atoms with Gasteiger partial charge in [0.25, 0.3) is 0 Å². The molecule has 0 aliphatic rings. The zero-order valence-corrected chi connectivity index (χ0v) is 15.1. The number of aryl methyl sites for hydroxylation is 1. The number of methoxy groups -OCH3 is 2. The number of phenolic OH excluding ortho intramolecular Hbond substituents is 1. The van der Waals surface area contributed by atoms with Crippen LogP contribution in [0.1, 0.15) is 17.5 Å². The van der Waals surface area contributed by atoms with Crippen molar-refractivity contribution in [3.63, 3.8) is 0 Å². The van der Waals surface area contributed by atoms with E-state index in [0.29, 0.717) is 30.1 Å². The molecule has 0 saturated heterocycles. The van der Waals surface area contributed by atoms with E-state index in [1.54, 1.807) is 25.3 Å². The average molecular weight is 362 g/mol. The highest BCUT2D eigenvalue weighted by Crippen LogP contribution is 2.31. The highest BCUT2D eigenvalue weighted by molar-refractivity contribution is 5.44. The molecule has 0 unspecified atom stereocenters. The van der Waals surface area contributed by atoms with E-state index in [4.69, 9.17) is 19.3 Å². The summed E-state index contributed by atoms with van der Waals surface area (Å²) in [6.45, 7) is -0.0259. The van der Waals surface area contributed by atoms with Crippen LogP contribution in [-0.4, -0.2) is 48.9 Å². The van der Waals surface area contributed by atoms with Crippen molar-refractivity contribution in [2.24, 2.45) is 0 Å². The number of aromatic hydroxyl groups is 1. The van der Waals surface area contributed by atoms with Crippen LogP contribution in [0, 0.1) is 0 Å². The van der Waals surface area contributed by atoms with E-state index >= 15 is 0 Å². The Labute approximate surface area is 153 Å². The Balaban J connectivity index is 2.11. The van der Waals surface area contributed by atoms with Crippen LogP contribution in [0.5, 0.6) is 23.0 Å². The Hall–Kier alpha value is -2.44. The molecule has 0 spiro atoms. The molecule has 2 aromatic rings. The van der Waals surface area contributed by atoms with Crippen molar-refractivity contribution < 1.29 is 29.5 Å². The summed E-state index contributed by atoms with van der Waals surface area (Å²) in [6, 6.07) is 10.6. The number of aliphatic hydroxyl groups is 2. The van der Waals surface area contributed by atoms with Gasteiger partial charge in [0.15, 0.2) is 23.0 Å². The number of aliphatic hydroxyl groups excluding tert-OH is 2. The monoisotopic (exact) mass is 362 g/mol. The molecule has 0 radical (unpaired) electrons. The van der Waals surface area contributed by atoms with Gasteiger partial charge >= 0.3 is 0 Å². The van der Waals surface area contributed by atoms with Gasteiger partial charge in [-0.15, -0.1) is 0 Å². The van der Waals surface area contributed by atoms with Gasteiger partial charge < -0.3 is 29.5 Å². The quantitative estimate of drug-likeness (QED) is 0.601. The Morgan fingerprint density at radius 2 is 1.58 bits per heavy atom. The lowest BCUT2D eigenvalue weighted by Crippen LogP contribution is -2.24. The van der Waals surface area contributed by atoms with Gasteiger partial charge in [-0.05, 0) is 48.2 Å². The highest BCUT2D eigenvalue weighted by atomic mass is 16.5. The van der Waals surface area contributed by atoms with Crippen molar-refractivity contribution in [2.75, 3.05) is 27.4 Å². The molecule has 0 amide bonds. The molecule has 0 fully saturated rings. The lowest BCUT2D eigenvalue weighted by molar-refractivity contribution is 0.112. The van der Waals surface area contributed by atoms with E-state index in [0.717, 1.165) is 17.5 Å². The molecule has 3 N–H and O–H groups in total. The predicted octanol–water partition coefficient (Wildman–Crippen LogP) is 2.32. The van der Waals surface area contributed by atoms with Gasteiger partial charge in [0.05, 0.1) is 20.8 Å². The molecular formula is C20H26O6. The zero-order chi connectivity index (χ0) is 18.9. The number of benzene rings is 2. The number of phenols is 1. The standard InChI is InChI=1S/C20H26O6/c1-24-19-12-15(5-7-17(19)23)10-16(13-22)26-18-8-6-14(4-3-9-21)11-20(18)25-2/h5-8,11-12,16,21-23H,3-4,9-10,13H2,1-2H3/t16-/m0/s1. The van der Waals surface area contributed by atoms with Crippen LogP contribution in [0.4, 0.5) is 0 Å². The molecular weight excluding hydrogens is 336 g/mol. The molecule has 0 bridgehead atoms. The Kier molecular flexibility index (Phi) is 7.56. The first-order chi connectivity index (χ1) is 12.6. The van der Waals surface area contributed by atoms with Crippen molar-refractivity contribution in [2.45, 2.75) is 25.4 Å². The summed E-state index contributed by atoms with van der Waals surface area (Å²) >= 11 is 0. The fourth-order valence-corrected chi connectivity index (χ4v) is 2.68.